The van der Waals surface area contributed by atoms with E-state index in [0.29, 0.717) is 11.7 Å². The Hall–Kier alpha value is -0.130. The van der Waals surface area contributed by atoms with Gasteiger partial charge in [0.05, 0.1) is 5.75 Å². The van der Waals surface area contributed by atoms with Gasteiger partial charge < -0.3 is 0 Å². The smallest absolute Gasteiger partial charge is 0.150 e. The molecule has 0 aromatic heterocycles. The molecule has 1 fully saturated rings. The minimum atomic E-state index is -2.83. The number of rotatable bonds is 7. The second kappa shape index (κ2) is 6.71. The van der Waals surface area contributed by atoms with Crippen LogP contribution in [0.1, 0.15) is 46.0 Å². The lowest BCUT2D eigenvalue weighted by atomic mass is 9.94. The number of sulfone groups is 1. The van der Waals surface area contributed by atoms with E-state index < -0.39 is 9.84 Å². The molecule has 0 heterocycles. The number of hydrazine groups is 1. The van der Waals surface area contributed by atoms with Gasteiger partial charge in [-0.3, -0.25) is 11.3 Å². The first kappa shape index (κ1) is 14.9. The standard InChI is InChI=1S/C12H26N2O2S/c1-3-17(15,16)8-4-5-12(14-13)11-7-6-10(2)9-11/h10-12,14H,3-9,13H2,1-2H3. The van der Waals surface area contributed by atoms with E-state index in [1.54, 1.807) is 6.92 Å². The van der Waals surface area contributed by atoms with Crippen LogP contribution >= 0.6 is 0 Å². The Morgan fingerprint density at radius 3 is 2.59 bits per heavy atom. The molecule has 1 aliphatic carbocycles. The molecule has 0 aromatic rings. The summed E-state index contributed by atoms with van der Waals surface area (Å²) in [5, 5.41) is 0. The van der Waals surface area contributed by atoms with E-state index in [-0.39, 0.29) is 11.8 Å². The molecule has 5 heteroatoms. The Balaban J connectivity index is 2.33. The number of hydrogen-bond donors (Lipinski definition) is 2. The molecule has 0 radical (unpaired) electrons. The van der Waals surface area contributed by atoms with E-state index in [4.69, 9.17) is 5.84 Å². The van der Waals surface area contributed by atoms with E-state index in [0.717, 1.165) is 18.8 Å². The van der Waals surface area contributed by atoms with Crippen molar-refractivity contribution in [3.05, 3.63) is 0 Å². The third-order valence-electron chi connectivity index (χ3n) is 3.93. The number of hydrogen-bond acceptors (Lipinski definition) is 4. The molecule has 102 valence electrons. The van der Waals surface area contributed by atoms with Crippen molar-refractivity contribution in [1.29, 1.82) is 0 Å². The van der Waals surface area contributed by atoms with Crippen LogP contribution in [0.15, 0.2) is 0 Å². The highest BCUT2D eigenvalue weighted by Gasteiger charge is 2.28. The van der Waals surface area contributed by atoms with Crippen molar-refractivity contribution < 1.29 is 8.42 Å². The van der Waals surface area contributed by atoms with Gasteiger partial charge in [0.15, 0.2) is 0 Å². The maximum atomic E-state index is 11.4. The van der Waals surface area contributed by atoms with Crippen LogP contribution < -0.4 is 11.3 Å². The van der Waals surface area contributed by atoms with E-state index in [1.165, 1.54) is 19.3 Å². The topological polar surface area (TPSA) is 72.2 Å². The maximum absolute atomic E-state index is 11.4. The van der Waals surface area contributed by atoms with Gasteiger partial charge in [0.2, 0.25) is 0 Å². The average molecular weight is 262 g/mol. The fourth-order valence-corrected chi connectivity index (χ4v) is 3.63. The van der Waals surface area contributed by atoms with Crippen molar-refractivity contribution in [3.63, 3.8) is 0 Å². The number of nitrogens with two attached hydrogens (primary N) is 1. The zero-order chi connectivity index (χ0) is 12.9. The van der Waals surface area contributed by atoms with Gasteiger partial charge in [0, 0.05) is 11.8 Å². The van der Waals surface area contributed by atoms with Gasteiger partial charge >= 0.3 is 0 Å². The van der Waals surface area contributed by atoms with Crippen molar-refractivity contribution in [3.8, 4) is 0 Å². The largest absolute Gasteiger partial charge is 0.271 e. The lowest BCUT2D eigenvalue weighted by molar-refractivity contribution is 0.335. The van der Waals surface area contributed by atoms with Crippen LogP contribution in [0.5, 0.6) is 0 Å². The fourth-order valence-electron chi connectivity index (χ4n) is 2.74. The second-order valence-electron chi connectivity index (χ2n) is 5.33. The van der Waals surface area contributed by atoms with E-state index in [2.05, 4.69) is 12.3 Å². The summed E-state index contributed by atoms with van der Waals surface area (Å²) < 4.78 is 22.8. The quantitative estimate of drug-likeness (QED) is 0.538. The molecule has 17 heavy (non-hydrogen) atoms. The average Bonchev–Trinajstić information content (AvgIpc) is 2.71. The molecule has 0 spiro atoms. The molecule has 0 saturated heterocycles. The second-order valence-corrected chi connectivity index (χ2v) is 7.80. The zero-order valence-corrected chi connectivity index (χ0v) is 11.8. The molecule has 3 unspecified atom stereocenters. The molecule has 3 atom stereocenters. The lowest BCUT2D eigenvalue weighted by Gasteiger charge is -2.22. The van der Waals surface area contributed by atoms with Crippen LogP contribution in [0.2, 0.25) is 0 Å². The summed E-state index contributed by atoms with van der Waals surface area (Å²) >= 11 is 0. The molecule has 0 bridgehead atoms. The molecule has 0 amide bonds. The molecular formula is C12H26N2O2S. The van der Waals surface area contributed by atoms with E-state index in [1.807, 2.05) is 0 Å². The summed E-state index contributed by atoms with van der Waals surface area (Å²) in [6.45, 7) is 3.97. The fraction of sp³-hybridized carbons (Fsp3) is 1.00. The van der Waals surface area contributed by atoms with Crippen molar-refractivity contribution in [2.45, 2.75) is 52.0 Å². The highest BCUT2D eigenvalue weighted by molar-refractivity contribution is 7.91. The Kier molecular flexibility index (Phi) is 5.89. The molecule has 4 nitrogen and oxygen atoms in total. The summed E-state index contributed by atoms with van der Waals surface area (Å²) in [5.74, 6) is 7.53. The first-order chi connectivity index (χ1) is 7.98. The monoisotopic (exact) mass is 262 g/mol. The zero-order valence-electron chi connectivity index (χ0n) is 11.0. The van der Waals surface area contributed by atoms with Gasteiger partial charge in [-0.2, -0.15) is 0 Å². The van der Waals surface area contributed by atoms with Crippen LogP contribution in [0.25, 0.3) is 0 Å². The minimum absolute atomic E-state index is 0.244. The number of nitrogens with one attached hydrogen (secondary N) is 1. The van der Waals surface area contributed by atoms with Gasteiger partial charge in [0.1, 0.15) is 9.84 Å². The van der Waals surface area contributed by atoms with Crippen LogP contribution in [-0.4, -0.2) is 26.0 Å². The molecule has 3 N–H and O–H groups in total. The van der Waals surface area contributed by atoms with Crippen molar-refractivity contribution >= 4 is 9.84 Å². The highest BCUT2D eigenvalue weighted by Crippen LogP contribution is 2.33. The Bertz CT molecular complexity index is 316. The Morgan fingerprint density at radius 2 is 2.12 bits per heavy atom. The molecule has 0 aliphatic heterocycles. The SMILES string of the molecule is CCS(=O)(=O)CCCC(NN)C1CCC(C)C1. The van der Waals surface area contributed by atoms with Gasteiger partial charge in [-0.25, -0.2) is 8.42 Å². The molecule has 1 saturated carbocycles. The summed E-state index contributed by atoms with van der Waals surface area (Å²) in [4.78, 5) is 0. The summed E-state index contributed by atoms with van der Waals surface area (Å²) in [5.41, 5.74) is 2.87. The Morgan fingerprint density at radius 1 is 1.41 bits per heavy atom. The van der Waals surface area contributed by atoms with Gasteiger partial charge in [-0.15, -0.1) is 0 Å². The lowest BCUT2D eigenvalue weighted by Crippen LogP contribution is -2.40. The third kappa shape index (κ3) is 4.94. The summed E-state index contributed by atoms with van der Waals surface area (Å²) in [7, 11) is -2.83. The van der Waals surface area contributed by atoms with Crippen LogP contribution in [0.3, 0.4) is 0 Å². The van der Waals surface area contributed by atoms with Gasteiger partial charge in [-0.1, -0.05) is 20.3 Å². The minimum Gasteiger partial charge on any atom is -0.271 e. The van der Waals surface area contributed by atoms with Crippen molar-refractivity contribution in [1.82, 2.24) is 5.43 Å². The molecular weight excluding hydrogens is 236 g/mol. The Labute approximate surface area is 105 Å². The summed E-state index contributed by atoms with van der Waals surface area (Å²) in [6.07, 6.45) is 5.30. The molecule has 1 rings (SSSR count). The van der Waals surface area contributed by atoms with E-state index in [9.17, 15) is 8.42 Å². The summed E-state index contributed by atoms with van der Waals surface area (Å²) in [6, 6.07) is 0.284. The van der Waals surface area contributed by atoms with Gasteiger partial charge in [-0.05, 0) is 37.5 Å². The normalized spacial score (nSPS) is 27.2. The van der Waals surface area contributed by atoms with Crippen molar-refractivity contribution in [2.24, 2.45) is 17.7 Å². The highest BCUT2D eigenvalue weighted by atomic mass is 32.2. The predicted octanol–water partition coefficient (Wildman–Crippen LogP) is 1.47. The van der Waals surface area contributed by atoms with Crippen LogP contribution in [-0.2, 0) is 9.84 Å². The molecule has 0 aromatic carbocycles. The predicted molar refractivity (Wildman–Crippen MR) is 71.2 cm³/mol. The van der Waals surface area contributed by atoms with Crippen LogP contribution in [0.4, 0.5) is 0 Å². The van der Waals surface area contributed by atoms with E-state index >= 15 is 0 Å². The molecule has 1 aliphatic rings. The first-order valence-electron chi connectivity index (χ1n) is 6.65. The third-order valence-corrected chi connectivity index (χ3v) is 5.72. The maximum Gasteiger partial charge on any atom is 0.150 e. The van der Waals surface area contributed by atoms with Crippen molar-refractivity contribution in [2.75, 3.05) is 11.5 Å². The van der Waals surface area contributed by atoms with Gasteiger partial charge in [0.25, 0.3) is 0 Å². The van der Waals surface area contributed by atoms with Crippen LogP contribution in [0, 0.1) is 11.8 Å². The first-order valence-corrected chi connectivity index (χ1v) is 8.47.